The highest BCUT2D eigenvalue weighted by Crippen LogP contribution is 2.39. The second kappa shape index (κ2) is 3.52. The van der Waals surface area contributed by atoms with Crippen molar-refractivity contribution in [2.24, 2.45) is 0 Å². The molecule has 0 amide bonds. The largest absolute Gasteiger partial charge is 0.370 e. The Bertz CT molecular complexity index is 802. The molecule has 0 bridgehead atoms. The summed E-state index contributed by atoms with van der Waals surface area (Å²) in [6, 6.07) is 0. The Morgan fingerprint density at radius 1 is 1.42 bits per heavy atom. The lowest BCUT2D eigenvalue weighted by Gasteiger charge is -2.30. The van der Waals surface area contributed by atoms with Crippen LogP contribution in [0.25, 0.3) is 15.9 Å². The van der Waals surface area contributed by atoms with Gasteiger partial charge in [-0.05, 0) is 26.3 Å². The van der Waals surface area contributed by atoms with E-state index in [-0.39, 0.29) is 5.60 Å². The van der Waals surface area contributed by atoms with Crippen LogP contribution in [-0.2, 0) is 17.8 Å². The number of hydrogen-bond acceptors (Lipinski definition) is 5. The quantitative estimate of drug-likeness (QED) is 0.632. The first-order valence-corrected chi connectivity index (χ1v) is 7.11. The third-order valence-corrected chi connectivity index (χ3v) is 4.75. The van der Waals surface area contributed by atoms with E-state index in [1.54, 1.807) is 17.7 Å². The van der Waals surface area contributed by atoms with Gasteiger partial charge in [0.05, 0.1) is 17.6 Å². The lowest BCUT2D eigenvalue weighted by molar-refractivity contribution is -0.0379. The van der Waals surface area contributed by atoms with Gasteiger partial charge in [-0.3, -0.25) is 4.40 Å². The van der Waals surface area contributed by atoms with Gasteiger partial charge in [0.1, 0.15) is 17.0 Å². The van der Waals surface area contributed by atoms with Gasteiger partial charge in [0.25, 0.3) is 0 Å². The average Bonchev–Trinajstić information content (AvgIpc) is 2.91. The zero-order valence-corrected chi connectivity index (χ0v) is 11.9. The maximum absolute atomic E-state index is 5.88. The Morgan fingerprint density at radius 2 is 2.26 bits per heavy atom. The predicted octanol–water partition coefficient (Wildman–Crippen LogP) is 2.50. The molecule has 0 saturated carbocycles. The molecule has 0 spiro atoms. The molecule has 0 aliphatic carbocycles. The van der Waals surface area contributed by atoms with Crippen LogP contribution in [0.3, 0.4) is 0 Å². The lowest BCUT2D eigenvalue weighted by atomic mass is 9.94. The van der Waals surface area contributed by atoms with Crippen LogP contribution >= 0.6 is 11.3 Å². The fourth-order valence-corrected chi connectivity index (χ4v) is 3.83. The molecule has 19 heavy (non-hydrogen) atoms. The van der Waals surface area contributed by atoms with Crippen LogP contribution in [0, 0.1) is 6.92 Å². The monoisotopic (exact) mass is 274 g/mol. The normalized spacial score (nSPS) is 18.1. The molecule has 4 rings (SSSR count). The van der Waals surface area contributed by atoms with Crippen molar-refractivity contribution in [1.29, 1.82) is 0 Å². The van der Waals surface area contributed by atoms with E-state index in [0.29, 0.717) is 6.61 Å². The minimum atomic E-state index is -0.122. The van der Waals surface area contributed by atoms with Crippen molar-refractivity contribution in [2.45, 2.75) is 39.4 Å². The number of fused-ring (bicyclic) bond motifs is 5. The minimum absolute atomic E-state index is 0.122. The lowest BCUT2D eigenvalue weighted by Crippen LogP contribution is -2.31. The Morgan fingerprint density at radius 3 is 3.11 bits per heavy atom. The Labute approximate surface area is 114 Å². The van der Waals surface area contributed by atoms with Crippen molar-refractivity contribution in [2.75, 3.05) is 0 Å². The molecule has 0 atom stereocenters. The molecule has 3 aromatic rings. The molecule has 0 unspecified atom stereocenters. The van der Waals surface area contributed by atoms with Crippen LogP contribution in [0.2, 0.25) is 0 Å². The summed E-state index contributed by atoms with van der Waals surface area (Å²) in [6.45, 7) is 6.90. The topological polar surface area (TPSA) is 52.3 Å². The molecule has 3 aromatic heterocycles. The number of thiophene rings is 1. The van der Waals surface area contributed by atoms with Gasteiger partial charge in [0.2, 0.25) is 0 Å². The van der Waals surface area contributed by atoms with E-state index in [0.717, 1.165) is 28.1 Å². The van der Waals surface area contributed by atoms with E-state index >= 15 is 0 Å². The smallest absolute Gasteiger partial charge is 0.172 e. The number of ether oxygens (including phenoxy) is 1. The summed E-state index contributed by atoms with van der Waals surface area (Å²) in [5.41, 5.74) is 2.13. The molecule has 4 heterocycles. The van der Waals surface area contributed by atoms with E-state index < -0.39 is 0 Å². The Hall–Kier alpha value is -1.53. The number of aryl methyl sites for hydroxylation is 1. The molecule has 1 aliphatic heterocycles. The summed E-state index contributed by atoms with van der Waals surface area (Å²) in [5, 5.41) is 9.45. The number of nitrogens with zero attached hydrogens (tertiary/aromatic N) is 4. The first-order chi connectivity index (χ1) is 9.05. The molecular weight excluding hydrogens is 260 g/mol. The van der Waals surface area contributed by atoms with E-state index in [2.05, 4.69) is 29.0 Å². The van der Waals surface area contributed by atoms with Gasteiger partial charge >= 0.3 is 0 Å². The minimum Gasteiger partial charge on any atom is -0.370 e. The summed E-state index contributed by atoms with van der Waals surface area (Å²) in [6.07, 6.45) is 2.63. The third-order valence-electron chi connectivity index (χ3n) is 3.65. The van der Waals surface area contributed by atoms with Crippen molar-refractivity contribution < 1.29 is 4.74 Å². The SMILES string of the molecule is Cc1nc2sc3c(c2c2nncn12)CC(C)(C)OC3. The van der Waals surface area contributed by atoms with Crippen LogP contribution in [-0.4, -0.2) is 25.2 Å². The number of aromatic nitrogens is 4. The van der Waals surface area contributed by atoms with Gasteiger partial charge in [0.15, 0.2) is 5.65 Å². The molecule has 0 fully saturated rings. The molecule has 0 N–H and O–H groups in total. The molecular formula is C13H14N4OS. The van der Waals surface area contributed by atoms with Gasteiger partial charge in [-0.1, -0.05) is 0 Å². The molecule has 0 saturated heterocycles. The summed E-state index contributed by atoms with van der Waals surface area (Å²) < 4.78 is 7.84. The zero-order chi connectivity index (χ0) is 13.2. The number of hydrogen-bond donors (Lipinski definition) is 0. The molecule has 98 valence electrons. The predicted molar refractivity (Wildman–Crippen MR) is 73.5 cm³/mol. The van der Waals surface area contributed by atoms with Crippen LogP contribution in [0.5, 0.6) is 0 Å². The summed E-state index contributed by atoms with van der Waals surface area (Å²) in [4.78, 5) is 7.00. The second-order valence-corrected chi connectivity index (χ2v) is 6.68. The van der Waals surface area contributed by atoms with E-state index in [4.69, 9.17) is 4.74 Å². The highest BCUT2D eigenvalue weighted by Gasteiger charge is 2.30. The summed E-state index contributed by atoms with van der Waals surface area (Å²) in [7, 11) is 0. The fraction of sp³-hybridized carbons (Fsp3) is 0.462. The van der Waals surface area contributed by atoms with Crippen LogP contribution < -0.4 is 0 Å². The van der Waals surface area contributed by atoms with Gasteiger partial charge in [-0.15, -0.1) is 21.5 Å². The zero-order valence-electron chi connectivity index (χ0n) is 11.1. The van der Waals surface area contributed by atoms with Crippen molar-refractivity contribution in [3.63, 3.8) is 0 Å². The van der Waals surface area contributed by atoms with E-state index in [9.17, 15) is 0 Å². The third kappa shape index (κ3) is 1.53. The van der Waals surface area contributed by atoms with Gasteiger partial charge in [0, 0.05) is 11.3 Å². The fourth-order valence-electron chi connectivity index (χ4n) is 2.69. The first-order valence-electron chi connectivity index (χ1n) is 6.30. The van der Waals surface area contributed by atoms with Gasteiger partial charge in [-0.25, -0.2) is 4.98 Å². The molecule has 5 nitrogen and oxygen atoms in total. The van der Waals surface area contributed by atoms with Crippen molar-refractivity contribution in [3.05, 3.63) is 22.6 Å². The number of rotatable bonds is 0. The van der Waals surface area contributed by atoms with Crippen LogP contribution in [0.15, 0.2) is 6.33 Å². The van der Waals surface area contributed by atoms with Crippen molar-refractivity contribution >= 4 is 27.2 Å². The molecule has 0 aromatic carbocycles. The average molecular weight is 274 g/mol. The molecule has 6 heteroatoms. The summed E-state index contributed by atoms with van der Waals surface area (Å²) in [5.74, 6) is 0.922. The first kappa shape index (κ1) is 11.3. The van der Waals surface area contributed by atoms with Gasteiger partial charge < -0.3 is 4.74 Å². The highest BCUT2D eigenvalue weighted by molar-refractivity contribution is 7.19. The van der Waals surface area contributed by atoms with Crippen LogP contribution in [0.1, 0.15) is 30.1 Å². The maximum atomic E-state index is 5.88. The standard InChI is InChI=1S/C13H14N4OS/c1-7-15-12-10(11-16-14-6-17(7)11)8-4-13(2,3)18-5-9(8)19-12/h6H,4-5H2,1-3H3. The molecule has 0 radical (unpaired) electrons. The Kier molecular flexibility index (Phi) is 2.09. The maximum Gasteiger partial charge on any atom is 0.172 e. The Balaban J connectivity index is 2.12. The summed E-state index contributed by atoms with van der Waals surface area (Å²) >= 11 is 1.72. The molecule has 1 aliphatic rings. The van der Waals surface area contributed by atoms with Gasteiger partial charge in [-0.2, -0.15) is 0 Å². The second-order valence-electron chi connectivity index (χ2n) is 5.59. The van der Waals surface area contributed by atoms with Crippen molar-refractivity contribution in [3.8, 4) is 0 Å². The van der Waals surface area contributed by atoms with E-state index in [1.807, 2.05) is 11.3 Å². The highest BCUT2D eigenvalue weighted by atomic mass is 32.1. The van der Waals surface area contributed by atoms with E-state index in [1.165, 1.54) is 10.4 Å². The van der Waals surface area contributed by atoms with Crippen LogP contribution in [0.4, 0.5) is 0 Å². The van der Waals surface area contributed by atoms with Crippen molar-refractivity contribution in [1.82, 2.24) is 19.6 Å².